The highest BCUT2D eigenvalue weighted by Gasteiger charge is 2.34. The number of hydrogen-bond donors (Lipinski definition) is 2. The number of pyridine rings is 1. The summed E-state index contributed by atoms with van der Waals surface area (Å²) in [6.45, 7) is 4.61. The zero-order valence-corrected chi connectivity index (χ0v) is 21.7. The van der Waals surface area contributed by atoms with E-state index in [9.17, 15) is 14.4 Å². The molecule has 0 radical (unpaired) electrons. The number of benzene rings is 2. The molecule has 0 spiro atoms. The molecule has 1 atom stereocenters. The van der Waals surface area contributed by atoms with Gasteiger partial charge < -0.3 is 20.3 Å². The van der Waals surface area contributed by atoms with Gasteiger partial charge in [-0.25, -0.2) is 9.78 Å². The lowest BCUT2D eigenvalue weighted by molar-refractivity contribution is -0.127. The number of urea groups is 1. The van der Waals surface area contributed by atoms with Crippen molar-refractivity contribution >= 4 is 56.5 Å². The summed E-state index contributed by atoms with van der Waals surface area (Å²) in [6.07, 6.45) is 4.47. The number of nitrogens with one attached hydrogen (secondary N) is 2. The van der Waals surface area contributed by atoms with Crippen LogP contribution < -0.4 is 20.3 Å². The zero-order valence-electron chi connectivity index (χ0n) is 20.9. The van der Waals surface area contributed by atoms with Crippen molar-refractivity contribution in [1.29, 1.82) is 0 Å². The highest BCUT2D eigenvalue weighted by molar-refractivity contribution is 7.21. The molecule has 1 saturated heterocycles. The number of carbonyl (C=O) groups excluding carboxylic acids is 3. The highest BCUT2D eigenvalue weighted by atomic mass is 32.1. The first-order valence-corrected chi connectivity index (χ1v) is 13.4. The quantitative estimate of drug-likeness (QED) is 0.307. The largest absolute Gasteiger partial charge is 0.457 e. The van der Waals surface area contributed by atoms with Crippen LogP contribution in [0.1, 0.15) is 22.5 Å². The van der Waals surface area contributed by atoms with Crippen LogP contribution in [0, 0.1) is 0 Å². The predicted octanol–water partition coefficient (Wildman–Crippen LogP) is 5.68. The number of para-hydroxylation sites is 1. The Morgan fingerprint density at radius 3 is 2.77 bits per heavy atom. The molecule has 4 heterocycles. The number of hydrogen-bond acceptors (Lipinski definition) is 6. The molecule has 0 saturated carbocycles. The molecular formula is C29H25N5O4S. The number of rotatable bonds is 6. The smallest absolute Gasteiger partial charge is 0.331 e. The molecule has 4 amide bonds. The number of ether oxygens (including phenoxy) is 1. The lowest BCUT2D eigenvalue weighted by Crippen LogP contribution is -2.49. The van der Waals surface area contributed by atoms with Crippen LogP contribution in [-0.4, -0.2) is 46.9 Å². The normalized spacial score (nSPS) is 16.5. The monoisotopic (exact) mass is 539 g/mol. The van der Waals surface area contributed by atoms with Crippen LogP contribution in [0.15, 0.2) is 79.5 Å². The molecule has 4 aromatic rings. The molecule has 2 aromatic heterocycles. The second-order valence-corrected chi connectivity index (χ2v) is 10.3. The van der Waals surface area contributed by atoms with Crippen LogP contribution in [0.4, 0.5) is 21.9 Å². The number of anilines is 3. The summed E-state index contributed by atoms with van der Waals surface area (Å²) >= 11 is 1.23. The average molecular weight is 540 g/mol. The maximum absolute atomic E-state index is 13.5. The fourth-order valence-corrected chi connectivity index (χ4v) is 6.01. The SMILES string of the molecule is C=CC(=O)N1CCC[C@@H](NC(=O)c2sc3nccc4c3c2NC(=O)N4c2cccc(Oc3ccccc3)c2)C1. The van der Waals surface area contributed by atoms with Crippen molar-refractivity contribution in [2.24, 2.45) is 0 Å². The first-order chi connectivity index (χ1) is 19.0. The molecule has 0 bridgehead atoms. The van der Waals surface area contributed by atoms with E-state index >= 15 is 0 Å². The van der Waals surface area contributed by atoms with Gasteiger partial charge in [0.05, 0.1) is 22.4 Å². The molecule has 39 heavy (non-hydrogen) atoms. The topological polar surface area (TPSA) is 104 Å². The van der Waals surface area contributed by atoms with E-state index in [4.69, 9.17) is 4.74 Å². The Kier molecular flexibility index (Phi) is 6.45. The van der Waals surface area contributed by atoms with Crippen molar-refractivity contribution in [3.8, 4) is 11.5 Å². The minimum absolute atomic E-state index is 0.148. The first-order valence-electron chi connectivity index (χ1n) is 12.6. The Morgan fingerprint density at radius 2 is 1.95 bits per heavy atom. The minimum Gasteiger partial charge on any atom is -0.457 e. The van der Waals surface area contributed by atoms with E-state index in [-0.39, 0.29) is 23.9 Å². The fraction of sp³-hybridized carbons (Fsp3) is 0.172. The molecule has 10 heteroatoms. The molecule has 0 aliphatic carbocycles. The number of aromatic nitrogens is 1. The van der Waals surface area contributed by atoms with E-state index in [0.29, 0.717) is 56.7 Å². The van der Waals surface area contributed by atoms with E-state index in [0.717, 1.165) is 12.8 Å². The molecule has 6 rings (SSSR count). The van der Waals surface area contributed by atoms with Crippen molar-refractivity contribution in [3.63, 3.8) is 0 Å². The Balaban J connectivity index is 1.30. The summed E-state index contributed by atoms with van der Waals surface area (Å²) in [5, 5.41) is 6.67. The Bertz CT molecular complexity index is 1600. The number of piperidine rings is 1. The van der Waals surface area contributed by atoms with Gasteiger partial charge in [-0.3, -0.25) is 14.5 Å². The first kappa shape index (κ1) is 24.6. The molecule has 196 valence electrons. The standard InChI is InChI=1S/C29H25N5O4S/c1-2-23(35)33-15-7-8-18(17-33)31-27(36)26-25-24-22(13-14-30-28(24)39-26)34(29(37)32-25)19-9-6-12-21(16-19)38-20-10-4-3-5-11-20/h2-6,9-14,16,18H,1,7-8,15,17H2,(H,31,36)(H,32,37)/t18-/m1/s1. The summed E-state index contributed by atoms with van der Waals surface area (Å²) in [5.41, 5.74) is 1.69. The number of carbonyl (C=O) groups is 3. The van der Waals surface area contributed by atoms with Crippen LogP contribution in [-0.2, 0) is 4.79 Å². The average Bonchev–Trinajstić information content (AvgIpc) is 3.33. The van der Waals surface area contributed by atoms with E-state index < -0.39 is 0 Å². The van der Waals surface area contributed by atoms with Gasteiger partial charge in [0.1, 0.15) is 21.2 Å². The minimum atomic E-state index is -0.389. The van der Waals surface area contributed by atoms with Gasteiger partial charge in [-0.2, -0.15) is 0 Å². The van der Waals surface area contributed by atoms with Crippen LogP contribution in [0.3, 0.4) is 0 Å². The van der Waals surface area contributed by atoms with Crippen LogP contribution in [0.25, 0.3) is 10.2 Å². The third-order valence-corrected chi connectivity index (χ3v) is 7.85. The lowest BCUT2D eigenvalue weighted by Gasteiger charge is -2.32. The van der Waals surface area contributed by atoms with Crippen molar-refractivity contribution < 1.29 is 19.1 Å². The summed E-state index contributed by atoms with van der Waals surface area (Å²) in [6, 6.07) is 17.9. The van der Waals surface area contributed by atoms with Crippen molar-refractivity contribution in [3.05, 3.63) is 84.4 Å². The second kappa shape index (κ2) is 10.2. The van der Waals surface area contributed by atoms with E-state index in [1.807, 2.05) is 48.5 Å². The molecule has 2 N–H and O–H groups in total. The molecule has 9 nitrogen and oxygen atoms in total. The molecule has 0 unspecified atom stereocenters. The van der Waals surface area contributed by atoms with Gasteiger partial charge in [-0.05, 0) is 49.2 Å². The van der Waals surface area contributed by atoms with Crippen LogP contribution >= 0.6 is 11.3 Å². The molecule has 2 aromatic carbocycles. The van der Waals surface area contributed by atoms with Crippen LogP contribution in [0.5, 0.6) is 11.5 Å². The summed E-state index contributed by atoms with van der Waals surface area (Å²) < 4.78 is 5.97. The summed E-state index contributed by atoms with van der Waals surface area (Å²) in [4.78, 5) is 47.6. The van der Waals surface area contributed by atoms with Crippen molar-refractivity contribution in [1.82, 2.24) is 15.2 Å². The molecular weight excluding hydrogens is 514 g/mol. The number of amides is 4. The van der Waals surface area contributed by atoms with Gasteiger partial charge in [-0.15, -0.1) is 11.3 Å². The lowest BCUT2D eigenvalue weighted by atomic mass is 10.1. The van der Waals surface area contributed by atoms with E-state index in [1.54, 1.807) is 28.1 Å². The maximum atomic E-state index is 13.5. The van der Waals surface area contributed by atoms with Gasteiger partial charge in [0.15, 0.2) is 0 Å². The summed E-state index contributed by atoms with van der Waals surface area (Å²) in [5.74, 6) is 0.827. The number of nitrogens with zero attached hydrogens (tertiary/aromatic N) is 3. The molecule has 1 fully saturated rings. The Morgan fingerprint density at radius 1 is 1.13 bits per heavy atom. The third-order valence-electron chi connectivity index (χ3n) is 6.75. The maximum Gasteiger partial charge on any atom is 0.331 e. The summed E-state index contributed by atoms with van der Waals surface area (Å²) in [7, 11) is 0. The highest BCUT2D eigenvalue weighted by Crippen LogP contribution is 2.46. The fourth-order valence-electron chi connectivity index (χ4n) is 4.99. The van der Waals surface area contributed by atoms with Gasteiger partial charge >= 0.3 is 6.03 Å². The van der Waals surface area contributed by atoms with Crippen LogP contribution in [0.2, 0.25) is 0 Å². The Labute approximate surface area is 228 Å². The Hall–Kier alpha value is -4.70. The molecule has 2 aliphatic rings. The van der Waals surface area contributed by atoms with Gasteiger partial charge in [0.2, 0.25) is 5.91 Å². The molecule has 2 aliphatic heterocycles. The second-order valence-electron chi connectivity index (χ2n) is 9.30. The predicted molar refractivity (Wildman–Crippen MR) is 151 cm³/mol. The number of thiophene rings is 1. The van der Waals surface area contributed by atoms with E-state index in [2.05, 4.69) is 22.2 Å². The van der Waals surface area contributed by atoms with Crippen molar-refractivity contribution in [2.45, 2.75) is 18.9 Å². The number of likely N-dealkylation sites (tertiary alicyclic amines) is 1. The van der Waals surface area contributed by atoms with Gasteiger partial charge in [-0.1, -0.05) is 30.8 Å². The van der Waals surface area contributed by atoms with Gasteiger partial charge in [0, 0.05) is 31.4 Å². The van der Waals surface area contributed by atoms with E-state index in [1.165, 1.54) is 17.4 Å². The van der Waals surface area contributed by atoms with Crippen molar-refractivity contribution in [2.75, 3.05) is 23.3 Å². The zero-order chi connectivity index (χ0) is 26.9. The van der Waals surface area contributed by atoms with Gasteiger partial charge in [0.25, 0.3) is 5.91 Å². The third kappa shape index (κ3) is 4.70.